The van der Waals surface area contributed by atoms with Crippen molar-refractivity contribution < 1.29 is 59.0 Å². The van der Waals surface area contributed by atoms with Gasteiger partial charge in [0.2, 0.25) is 22.7 Å². The van der Waals surface area contributed by atoms with Gasteiger partial charge in [-0.2, -0.15) is 0 Å². The standard InChI is InChI=1S/C42H40N4O4.2Au.2ClH/c1-3-49-41(47)33-21-17-31(18-22-33)25-43-29-45(43,39-15-9-7-13-37(39)43)27-35-11-5-6-12-36(35)28-46-30-44(46,38-14-8-10-16-40(38)46)26-32-19-23-34(24-20-32)42(48)50-4-2;;;;/h5-24,29-30H,3-4,25-28H2,1-2H3;;;2*1H/q+2;2*+1;;/p-2. The Bertz CT molecular complexity index is 2040. The number of carbonyl (C=O) groups is 2. The molecule has 4 atom stereocenters. The predicted molar refractivity (Wildman–Crippen MR) is 206 cm³/mol. The molecule has 5 aromatic rings. The van der Waals surface area contributed by atoms with Crippen molar-refractivity contribution in [2.24, 2.45) is 0 Å². The molecule has 9 rings (SSSR count). The van der Waals surface area contributed by atoms with E-state index in [4.69, 9.17) is 9.47 Å². The minimum atomic E-state index is -0.283. The van der Waals surface area contributed by atoms with Gasteiger partial charge in [0.25, 0.3) is 0 Å². The van der Waals surface area contributed by atoms with E-state index >= 15 is 0 Å². The molecule has 0 spiro atoms. The summed E-state index contributed by atoms with van der Waals surface area (Å²) in [6.45, 7) is 12.7. The fraction of sp³-hybridized carbons (Fsp3) is 0.190. The number of quaternary nitrogens is 4. The van der Waals surface area contributed by atoms with E-state index in [0.29, 0.717) is 24.3 Å². The second-order valence-corrected chi connectivity index (χ2v) is 13.8. The SMILES string of the molecule is CCOC(=O)c1ccc(C[N+]23[CH-][N+]2(Cc2ccccc2C[N+]24[CH-][N+]2(Cc2ccc(C(=O)OCC)cc2)c2ccccc24)c2ccccc23)cc1.[Cl][Au].[Cl][Au]. The quantitative estimate of drug-likeness (QED) is 0.0411. The second-order valence-electron chi connectivity index (χ2n) is 13.8. The molecule has 0 saturated carbocycles. The van der Waals surface area contributed by atoms with Crippen LogP contribution in [-0.2, 0) is 75.6 Å². The molecule has 54 heavy (non-hydrogen) atoms. The molecule has 4 aliphatic rings. The molecule has 0 aromatic heterocycles. The zero-order valence-electron chi connectivity index (χ0n) is 29.7. The molecule has 4 heterocycles. The molecule has 286 valence electrons. The predicted octanol–water partition coefficient (Wildman–Crippen LogP) is 9.57. The van der Waals surface area contributed by atoms with E-state index in [-0.39, 0.29) is 11.9 Å². The van der Waals surface area contributed by atoms with Crippen LogP contribution >= 0.6 is 18.4 Å². The Balaban J connectivity index is 0.00000109. The summed E-state index contributed by atoms with van der Waals surface area (Å²) >= 11 is 3.50. The Kier molecular flexibility index (Phi) is 11.5. The summed E-state index contributed by atoms with van der Waals surface area (Å²) in [6, 6.07) is 42.3. The van der Waals surface area contributed by atoms with Gasteiger partial charge in [0.15, 0.2) is 13.3 Å². The van der Waals surface area contributed by atoms with E-state index in [1.807, 2.05) is 38.1 Å². The van der Waals surface area contributed by atoms with Gasteiger partial charge in [-0.25, -0.2) is 28.0 Å². The Hall–Kier alpha value is -3.06. The molecule has 12 heteroatoms. The molecule has 5 aromatic carbocycles. The number of carbonyl (C=O) groups excluding carboxylic acids is 2. The van der Waals surface area contributed by atoms with E-state index in [1.54, 1.807) is 40.0 Å². The van der Waals surface area contributed by atoms with Gasteiger partial charge in [-0.3, -0.25) is 0 Å². The van der Waals surface area contributed by atoms with Gasteiger partial charge in [-0.1, -0.05) is 72.8 Å². The summed E-state index contributed by atoms with van der Waals surface area (Å²) in [5.41, 5.74) is 11.6. The van der Waals surface area contributed by atoms with E-state index in [2.05, 4.69) is 129 Å². The van der Waals surface area contributed by atoms with Gasteiger partial charge in [-0.05, 0) is 38.1 Å². The zero-order chi connectivity index (χ0) is 38.1. The van der Waals surface area contributed by atoms with Crippen LogP contribution < -0.4 is 18.4 Å². The number of para-hydroxylation sites is 4. The first kappa shape index (κ1) is 39.2. The van der Waals surface area contributed by atoms with Crippen LogP contribution in [-0.4, -0.2) is 25.2 Å². The summed E-state index contributed by atoms with van der Waals surface area (Å²) < 4.78 is 13.5. The summed E-state index contributed by atoms with van der Waals surface area (Å²) in [5, 5.41) is 0. The number of nitrogens with zero attached hydrogens (tertiary/aromatic N) is 4. The van der Waals surface area contributed by atoms with Crippen LogP contribution in [0.2, 0.25) is 0 Å². The monoisotopic (exact) mass is 1130 g/mol. The maximum absolute atomic E-state index is 12.3. The van der Waals surface area contributed by atoms with Gasteiger partial charge in [0.05, 0.1) is 24.3 Å². The Morgan fingerprint density at radius 1 is 0.481 bits per heavy atom. The molecule has 0 amide bonds. The molecule has 8 nitrogen and oxygen atoms in total. The number of esters is 2. The summed E-state index contributed by atoms with van der Waals surface area (Å²) in [5.74, 6) is -0.565. The second kappa shape index (κ2) is 15.8. The van der Waals surface area contributed by atoms with Crippen molar-refractivity contribution in [3.63, 3.8) is 0 Å². The first-order valence-corrected chi connectivity index (χ1v) is 23.0. The molecular formula is C42H40Au2Cl2N4O4+2. The third-order valence-corrected chi connectivity index (χ3v) is 11.1. The van der Waals surface area contributed by atoms with E-state index in [0.717, 1.165) is 44.5 Å². The normalized spacial score (nSPS) is 24.1. The fourth-order valence-electron chi connectivity index (χ4n) is 8.62. The average Bonchev–Trinajstić information content (AvgIpc) is 4.00. The van der Waals surface area contributed by atoms with Crippen molar-refractivity contribution in [1.82, 2.24) is 18.4 Å². The van der Waals surface area contributed by atoms with Gasteiger partial charge < -0.3 is 9.47 Å². The van der Waals surface area contributed by atoms with Gasteiger partial charge >= 0.3 is 70.3 Å². The number of hydrogen-bond donors (Lipinski definition) is 0. The molecular weight excluding hydrogens is 1090 g/mol. The molecule has 0 aliphatic carbocycles. The summed E-state index contributed by atoms with van der Waals surface area (Å²) in [6.07, 6.45) is 0. The fourth-order valence-corrected chi connectivity index (χ4v) is 8.62. The van der Waals surface area contributed by atoms with Crippen molar-refractivity contribution in [2.75, 3.05) is 13.2 Å². The Labute approximate surface area is 349 Å². The van der Waals surface area contributed by atoms with E-state index in [9.17, 15) is 9.59 Å². The maximum atomic E-state index is 12.3. The molecule has 0 bridgehead atoms. The third-order valence-electron chi connectivity index (χ3n) is 11.1. The molecule has 0 radical (unpaired) electrons. The number of benzene rings is 5. The van der Waals surface area contributed by atoms with Crippen LogP contribution in [0.4, 0.5) is 22.7 Å². The number of fused-ring (bicyclic) bond motifs is 8. The van der Waals surface area contributed by atoms with Crippen molar-refractivity contribution >= 4 is 53.1 Å². The van der Waals surface area contributed by atoms with Crippen molar-refractivity contribution in [3.05, 3.63) is 168 Å². The van der Waals surface area contributed by atoms with E-state index < -0.39 is 0 Å². The Morgan fingerprint density at radius 2 is 0.778 bits per heavy atom. The number of halogens is 2. The van der Waals surface area contributed by atoms with Gasteiger partial charge in [0, 0.05) is 46.5 Å². The first-order valence-electron chi connectivity index (χ1n) is 17.7. The van der Waals surface area contributed by atoms with Gasteiger partial charge in [0.1, 0.15) is 26.2 Å². The molecule has 4 aliphatic heterocycles. The topological polar surface area (TPSA) is 52.6 Å². The van der Waals surface area contributed by atoms with Crippen LogP contribution in [0.3, 0.4) is 0 Å². The van der Waals surface area contributed by atoms with Crippen molar-refractivity contribution in [3.8, 4) is 0 Å². The number of rotatable bonds is 12. The molecule has 2 saturated heterocycles. The van der Waals surface area contributed by atoms with Crippen molar-refractivity contribution in [1.29, 1.82) is 0 Å². The van der Waals surface area contributed by atoms with Crippen LogP contribution in [0, 0.1) is 13.3 Å². The van der Waals surface area contributed by atoms with Crippen LogP contribution in [0.25, 0.3) is 0 Å². The zero-order valence-corrected chi connectivity index (χ0v) is 35.6. The van der Waals surface area contributed by atoms with Crippen molar-refractivity contribution in [2.45, 2.75) is 40.0 Å². The molecule has 4 unspecified atom stereocenters. The number of hydrogen-bond acceptors (Lipinski definition) is 4. The van der Waals surface area contributed by atoms with Crippen LogP contribution in [0.5, 0.6) is 0 Å². The van der Waals surface area contributed by atoms with Crippen LogP contribution in [0.1, 0.15) is 56.8 Å². The van der Waals surface area contributed by atoms with Gasteiger partial charge in [-0.15, -0.1) is 0 Å². The Morgan fingerprint density at radius 3 is 1.09 bits per heavy atom. The average molecular weight is 1130 g/mol. The molecule has 2 fully saturated rings. The summed E-state index contributed by atoms with van der Waals surface area (Å²) in [4.78, 5) is 24.5. The third kappa shape index (κ3) is 6.27. The number of ether oxygens (including phenoxy) is 2. The first-order chi connectivity index (χ1) is 26.4. The van der Waals surface area contributed by atoms with E-state index in [1.165, 1.54) is 45.0 Å². The summed E-state index contributed by atoms with van der Waals surface area (Å²) in [7, 11) is 9.17. The molecule has 0 N–H and O–H groups in total. The van der Waals surface area contributed by atoms with Crippen LogP contribution in [0.15, 0.2) is 121 Å². The minimum absolute atomic E-state index is 0.283.